The number of aryl methyl sites for hydroxylation is 1. The lowest BCUT2D eigenvalue weighted by molar-refractivity contribution is 0.476. The molecule has 1 aromatic heterocycles. The van der Waals surface area contributed by atoms with Gasteiger partial charge in [-0.25, -0.2) is 0 Å². The zero-order valence-electron chi connectivity index (χ0n) is 9.96. The van der Waals surface area contributed by atoms with Crippen LogP contribution in [0.4, 0.5) is 5.69 Å². The minimum Gasteiger partial charge on any atom is -0.507 e. The molecule has 0 spiro atoms. The third-order valence-corrected chi connectivity index (χ3v) is 3.02. The minimum absolute atomic E-state index is 0.249. The largest absolute Gasteiger partial charge is 0.507 e. The summed E-state index contributed by atoms with van der Waals surface area (Å²) in [5.74, 6) is 0.249. The van der Waals surface area contributed by atoms with Crippen LogP contribution in [0.3, 0.4) is 0 Å². The van der Waals surface area contributed by atoms with Gasteiger partial charge in [-0.15, -0.1) is 0 Å². The molecule has 3 rings (SSSR count). The summed E-state index contributed by atoms with van der Waals surface area (Å²) in [4.78, 5) is 0. The summed E-state index contributed by atoms with van der Waals surface area (Å²) in [5.41, 5.74) is 8.93. The molecule has 0 aliphatic rings. The molecule has 3 aromatic rings. The second-order valence-corrected chi connectivity index (χ2v) is 4.27. The Labute approximate surface area is 104 Å². The molecule has 0 bridgehead atoms. The van der Waals surface area contributed by atoms with E-state index in [4.69, 9.17) is 5.73 Å². The Morgan fingerprint density at radius 1 is 1.17 bits per heavy atom. The molecule has 4 nitrogen and oxygen atoms in total. The van der Waals surface area contributed by atoms with Gasteiger partial charge < -0.3 is 10.8 Å². The van der Waals surface area contributed by atoms with Crippen LogP contribution in [-0.4, -0.2) is 14.9 Å². The van der Waals surface area contributed by atoms with Gasteiger partial charge in [-0.3, -0.25) is 4.68 Å². The average molecular weight is 239 g/mol. The van der Waals surface area contributed by atoms with Crippen molar-refractivity contribution in [2.75, 3.05) is 5.73 Å². The van der Waals surface area contributed by atoms with Crippen molar-refractivity contribution in [2.45, 2.75) is 0 Å². The number of aromatic nitrogens is 2. The molecule has 0 aliphatic carbocycles. The van der Waals surface area contributed by atoms with E-state index in [1.165, 1.54) is 0 Å². The molecule has 0 unspecified atom stereocenters. The van der Waals surface area contributed by atoms with Gasteiger partial charge in [0, 0.05) is 23.7 Å². The van der Waals surface area contributed by atoms with E-state index in [1.54, 1.807) is 16.8 Å². The molecular weight excluding hydrogens is 226 g/mol. The van der Waals surface area contributed by atoms with E-state index < -0.39 is 0 Å². The Morgan fingerprint density at radius 2 is 1.94 bits per heavy atom. The highest BCUT2D eigenvalue weighted by Crippen LogP contribution is 2.34. The number of aromatic hydroxyl groups is 1. The van der Waals surface area contributed by atoms with E-state index >= 15 is 0 Å². The predicted molar refractivity (Wildman–Crippen MR) is 72.2 cm³/mol. The standard InChI is InChI=1S/C14H13N3O/c1-17-14(11-4-2-3-5-13(11)18)10-7-6-9(15)8-12(10)16-17/h2-8,18H,15H2,1H3. The predicted octanol–water partition coefficient (Wildman–Crippen LogP) is 2.53. The molecular formula is C14H13N3O. The van der Waals surface area contributed by atoms with Crippen LogP contribution in [0.2, 0.25) is 0 Å². The summed E-state index contributed by atoms with van der Waals surface area (Å²) in [6, 6.07) is 12.8. The van der Waals surface area contributed by atoms with Crippen molar-refractivity contribution >= 4 is 16.6 Å². The van der Waals surface area contributed by atoms with Crippen molar-refractivity contribution in [3.8, 4) is 17.0 Å². The van der Waals surface area contributed by atoms with Crippen LogP contribution >= 0.6 is 0 Å². The van der Waals surface area contributed by atoms with E-state index in [0.717, 1.165) is 22.2 Å². The van der Waals surface area contributed by atoms with Crippen LogP contribution < -0.4 is 5.73 Å². The average Bonchev–Trinajstić information content (AvgIpc) is 2.65. The third-order valence-electron chi connectivity index (χ3n) is 3.02. The Hall–Kier alpha value is -2.49. The highest BCUT2D eigenvalue weighted by Gasteiger charge is 2.13. The Balaban J connectivity index is 2.36. The van der Waals surface area contributed by atoms with Gasteiger partial charge in [-0.2, -0.15) is 5.10 Å². The number of hydrogen-bond donors (Lipinski definition) is 2. The molecule has 0 fully saturated rings. The van der Waals surface area contributed by atoms with Crippen LogP contribution in [0, 0.1) is 0 Å². The first-order valence-electron chi connectivity index (χ1n) is 5.67. The highest BCUT2D eigenvalue weighted by molar-refractivity contribution is 5.96. The van der Waals surface area contributed by atoms with E-state index in [1.807, 2.05) is 37.4 Å². The summed E-state index contributed by atoms with van der Waals surface area (Å²) in [6.45, 7) is 0. The molecule has 0 aliphatic heterocycles. The zero-order chi connectivity index (χ0) is 12.7. The number of nitrogens with two attached hydrogens (primary N) is 1. The van der Waals surface area contributed by atoms with Gasteiger partial charge >= 0.3 is 0 Å². The fourth-order valence-electron chi connectivity index (χ4n) is 2.21. The van der Waals surface area contributed by atoms with Crippen molar-refractivity contribution in [1.29, 1.82) is 0 Å². The molecule has 90 valence electrons. The first kappa shape index (κ1) is 10.7. The smallest absolute Gasteiger partial charge is 0.124 e. The number of anilines is 1. The summed E-state index contributed by atoms with van der Waals surface area (Å²) in [5, 5.41) is 15.4. The maximum absolute atomic E-state index is 9.96. The summed E-state index contributed by atoms with van der Waals surface area (Å²) in [6.07, 6.45) is 0. The van der Waals surface area contributed by atoms with E-state index in [9.17, 15) is 5.11 Å². The zero-order valence-corrected chi connectivity index (χ0v) is 9.96. The second-order valence-electron chi connectivity index (χ2n) is 4.27. The maximum Gasteiger partial charge on any atom is 0.124 e. The summed E-state index contributed by atoms with van der Waals surface area (Å²) in [7, 11) is 1.86. The topological polar surface area (TPSA) is 64.1 Å². The van der Waals surface area contributed by atoms with Crippen LogP contribution in [0.15, 0.2) is 42.5 Å². The van der Waals surface area contributed by atoms with Gasteiger partial charge in [0.2, 0.25) is 0 Å². The lowest BCUT2D eigenvalue weighted by Gasteiger charge is -2.05. The van der Waals surface area contributed by atoms with Gasteiger partial charge in [-0.05, 0) is 30.3 Å². The highest BCUT2D eigenvalue weighted by atomic mass is 16.3. The molecule has 2 aromatic carbocycles. The fraction of sp³-hybridized carbons (Fsp3) is 0.0714. The summed E-state index contributed by atoms with van der Waals surface area (Å²) >= 11 is 0. The lowest BCUT2D eigenvalue weighted by Crippen LogP contribution is -1.93. The molecule has 0 amide bonds. The van der Waals surface area contributed by atoms with Crippen LogP contribution in [0.25, 0.3) is 22.2 Å². The van der Waals surface area contributed by atoms with Crippen molar-refractivity contribution in [1.82, 2.24) is 9.78 Å². The number of nitrogens with zero attached hydrogens (tertiary/aromatic N) is 2. The number of benzene rings is 2. The number of hydrogen-bond acceptors (Lipinski definition) is 3. The number of phenolic OH excluding ortho intramolecular Hbond substituents is 1. The first-order valence-corrected chi connectivity index (χ1v) is 5.67. The Bertz CT molecular complexity index is 731. The monoisotopic (exact) mass is 239 g/mol. The fourth-order valence-corrected chi connectivity index (χ4v) is 2.21. The van der Waals surface area contributed by atoms with Crippen LogP contribution in [0.5, 0.6) is 5.75 Å². The van der Waals surface area contributed by atoms with Crippen molar-refractivity contribution in [2.24, 2.45) is 7.05 Å². The van der Waals surface area contributed by atoms with Crippen LogP contribution in [-0.2, 0) is 7.05 Å². The normalized spacial score (nSPS) is 10.9. The van der Waals surface area contributed by atoms with Gasteiger partial charge in [0.25, 0.3) is 0 Å². The van der Waals surface area contributed by atoms with Gasteiger partial charge in [0.05, 0.1) is 11.2 Å². The maximum atomic E-state index is 9.96. The van der Waals surface area contributed by atoms with Gasteiger partial charge in [-0.1, -0.05) is 12.1 Å². The van der Waals surface area contributed by atoms with Crippen LogP contribution in [0.1, 0.15) is 0 Å². The Morgan fingerprint density at radius 3 is 2.72 bits per heavy atom. The molecule has 0 radical (unpaired) electrons. The number of nitrogen functional groups attached to an aromatic ring is 1. The lowest BCUT2D eigenvalue weighted by atomic mass is 10.1. The van der Waals surface area contributed by atoms with E-state index in [-0.39, 0.29) is 5.75 Å². The second kappa shape index (κ2) is 3.77. The molecule has 4 heteroatoms. The van der Waals surface area contributed by atoms with Gasteiger partial charge in [0.1, 0.15) is 5.75 Å². The SMILES string of the molecule is Cn1nc2cc(N)ccc2c1-c1ccccc1O. The van der Waals surface area contributed by atoms with E-state index in [2.05, 4.69) is 5.10 Å². The number of fused-ring (bicyclic) bond motifs is 1. The molecule has 18 heavy (non-hydrogen) atoms. The van der Waals surface area contributed by atoms with Crippen molar-refractivity contribution in [3.05, 3.63) is 42.5 Å². The Kier molecular flexibility index (Phi) is 2.23. The molecule has 1 heterocycles. The van der Waals surface area contributed by atoms with Crippen molar-refractivity contribution < 1.29 is 5.11 Å². The molecule has 0 saturated carbocycles. The number of para-hydroxylation sites is 1. The summed E-state index contributed by atoms with van der Waals surface area (Å²) < 4.78 is 1.76. The van der Waals surface area contributed by atoms with E-state index in [0.29, 0.717) is 5.69 Å². The molecule has 0 atom stereocenters. The minimum atomic E-state index is 0.249. The van der Waals surface area contributed by atoms with Gasteiger partial charge in [0.15, 0.2) is 0 Å². The molecule has 0 saturated heterocycles. The molecule has 3 N–H and O–H groups in total. The quantitative estimate of drug-likeness (QED) is 0.641. The third kappa shape index (κ3) is 1.50. The van der Waals surface area contributed by atoms with Crippen molar-refractivity contribution in [3.63, 3.8) is 0 Å². The number of rotatable bonds is 1. The number of phenols is 1. The first-order chi connectivity index (χ1) is 8.66.